The van der Waals surface area contributed by atoms with Gasteiger partial charge in [0.2, 0.25) is 0 Å². The average Bonchev–Trinajstić information content (AvgIpc) is 3.12. The summed E-state index contributed by atoms with van der Waals surface area (Å²) in [4.78, 5) is 0. The van der Waals surface area contributed by atoms with Gasteiger partial charge in [-0.2, -0.15) is 0 Å². The van der Waals surface area contributed by atoms with Crippen LogP contribution < -0.4 is 0 Å². The smallest absolute Gasteiger partial charge is 0.0784 e. The van der Waals surface area contributed by atoms with Crippen LogP contribution >= 0.6 is 14.5 Å². The Morgan fingerprint density at radius 2 is 0.531 bits per heavy atom. The zero-order valence-electron chi connectivity index (χ0n) is 37.4. The van der Waals surface area contributed by atoms with Gasteiger partial charge in [0.15, 0.2) is 0 Å². The molecule has 0 aromatic rings. The van der Waals surface area contributed by atoms with Crippen molar-refractivity contribution in [2.75, 3.05) is 76.5 Å². The minimum atomic E-state index is -0.601. The van der Waals surface area contributed by atoms with Crippen LogP contribution in [0.5, 0.6) is 0 Å². The first-order valence-corrected chi connectivity index (χ1v) is 28.4. The van der Waals surface area contributed by atoms with E-state index < -0.39 is 14.5 Å². The molecule has 0 atom stereocenters. The number of nitrogens with zero attached hydrogens (tertiary/aromatic N) is 1. The predicted octanol–water partition coefficient (Wildman–Crippen LogP) is 16.6. The molecule has 300 valence electrons. The number of hydrogen-bond acceptors (Lipinski definition) is 0. The van der Waals surface area contributed by atoms with Crippen LogP contribution in [0.1, 0.15) is 223 Å². The molecule has 0 aliphatic carbocycles. The van der Waals surface area contributed by atoms with Gasteiger partial charge in [0.1, 0.15) is 0 Å². The number of rotatable bonds is 34. The van der Waals surface area contributed by atoms with E-state index in [1.165, 1.54) is 178 Å². The van der Waals surface area contributed by atoms with E-state index in [1.54, 1.807) is 43.1 Å². The van der Waals surface area contributed by atoms with Gasteiger partial charge in [-0.05, 0) is 70.6 Å². The van der Waals surface area contributed by atoms with E-state index in [-0.39, 0.29) is 0 Å². The average molecular weight is 733 g/mol. The molecule has 3 heteroatoms. The molecule has 0 bridgehead atoms. The lowest BCUT2D eigenvalue weighted by molar-refractivity contribution is -0.910. The van der Waals surface area contributed by atoms with Gasteiger partial charge >= 0.3 is 0 Å². The molecule has 1 nitrogen and oxygen atoms in total. The molecule has 0 aliphatic heterocycles. The summed E-state index contributed by atoms with van der Waals surface area (Å²) in [5.41, 5.74) is 0. The van der Waals surface area contributed by atoms with E-state index in [0.717, 1.165) is 0 Å². The van der Waals surface area contributed by atoms with Crippen molar-refractivity contribution in [3.05, 3.63) is 0 Å². The van der Waals surface area contributed by atoms with Gasteiger partial charge in [-0.15, -0.1) is 0 Å². The van der Waals surface area contributed by atoms with Crippen LogP contribution in [-0.2, 0) is 0 Å². The fourth-order valence-corrected chi connectivity index (χ4v) is 16.4. The van der Waals surface area contributed by atoms with Gasteiger partial charge in [0.25, 0.3) is 0 Å². The van der Waals surface area contributed by atoms with Crippen LogP contribution in [0.4, 0.5) is 0 Å². The highest BCUT2D eigenvalue weighted by molar-refractivity contribution is 7.76. The van der Waals surface area contributed by atoms with E-state index >= 15 is 0 Å². The summed E-state index contributed by atoms with van der Waals surface area (Å²) in [6.07, 6.45) is 45.4. The molecule has 49 heavy (non-hydrogen) atoms. The summed E-state index contributed by atoms with van der Waals surface area (Å²) >= 11 is 0. The summed E-state index contributed by atoms with van der Waals surface area (Å²) < 4.78 is 1.32. The SMILES string of the molecule is CCCCCCCC[P+](CCCC)(CCCC)CCCC.CCCC[N+](C)(CCCC)CCCC.CCCC[P+](C)(CCCC)CCCC. The topological polar surface area (TPSA) is 0 Å². The molecule has 0 aliphatic rings. The molecule has 0 saturated heterocycles. The van der Waals surface area contributed by atoms with Gasteiger partial charge in [-0.3, -0.25) is 0 Å². The molecule has 0 radical (unpaired) electrons. The van der Waals surface area contributed by atoms with E-state index in [9.17, 15) is 0 Å². The Labute approximate surface area is 317 Å². The summed E-state index contributed by atoms with van der Waals surface area (Å²) in [6.45, 7) is 30.1. The Hall–Kier alpha value is 0.820. The zero-order chi connectivity index (χ0) is 37.5. The van der Waals surface area contributed by atoms with E-state index in [4.69, 9.17) is 0 Å². The highest BCUT2D eigenvalue weighted by Crippen LogP contribution is 2.61. The van der Waals surface area contributed by atoms with Crippen molar-refractivity contribution < 1.29 is 4.48 Å². The molecule has 0 fully saturated rings. The minimum absolute atomic E-state index is 0.519. The predicted molar refractivity (Wildman–Crippen MR) is 242 cm³/mol. The second-order valence-corrected chi connectivity index (χ2v) is 25.8. The summed E-state index contributed by atoms with van der Waals surface area (Å²) in [5.74, 6) is 0. The van der Waals surface area contributed by atoms with E-state index in [1.807, 2.05) is 0 Å². The van der Waals surface area contributed by atoms with Crippen LogP contribution in [-0.4, -0.2) is 81.0 Å². The first kappa shape index (κ1) is 54.2. The standard InChI is InChI=1S/C20H44P.C13H30N.C13H30P/c1-5-9-13-14-15-16-20-21(17-10-6-2,18-11-7-3)19-12-8-4;2*1-5-8-11-14(4,12-9-6-2)13-10-7-3/h5-20H2,1-4H3;2*5-13H2,1-4H3/q3*+1. The van der Waals surface area contributed by atoms with Crippen molar-refractivity contribution in [1.29, 1.82) is 0 Å². The lowest BCUT2D eigenvalue weighted by Crippen LogP contribution is -2.46. The first-order chi connectivity index (χ1) is 23.6. The van der Waals surface area contributed by atoms with Crippen molar-refractivity contribution in [3.63, 3.8) is 0 Å². The molecular weight excluding hydrogens is 628 g/mol. The fraction of sp³-hybridized carbons (Fsp3) is 1.00. The van der Waals surface area contributed by atoms with Crippen molar-refractivity contribution in [2.45, 2.75) is 223 Å². The first-order valence-electron chi connectivity index (χ1n) is 23.1. The Bertz CT molecular complexity index is 511. The Morgan fingerprint density at radius 3 is 0.837 bits per heavy atom. The Kier molecular flexibility index (Phi) is 44.2. The van der Waals surface area contributed by atoms with Gasteiger partial charge in [0, 0.05) is 21.2 Å². The van der Waals surface area contributed by atoms with Crippen molar-refractivity contribution in [3.8, 4) is 0 Å². The summed E-state index contributed by atoms with van der Waals surface area (Å²) in [5, 5.41) is 0. The molecule has 0 heterocycles. The molecule has 0 rings (SSSR count). The zero-order valence-corrected chi connectivity index (χ0v) is 39.2. The molecule has 0 spiro atoms. The van der Waals surface area contributed by atoms with Crippen LogP contribution in [0.15, 0.2) is 0 Å². The van der Waals surface area contributed by atoms with Crippen molar-refractivity contribution >= 4 is 14.5 Å². The van der Waals surface area contributed by atoms with Crippen LogP contribution in [0.25, 0.3) is 0 Å². The Morgan fingerprint density at radius 1 is 0.286 bits per heavy atom. The molecular formula is C46H104NP2+3. The molecule has 0 aromatic carbocycles. The lowest BCUT2D eigenvalue weighted by Gasteiger charge is -2.34. The highest BCUT2D eigenvalue weighted by Gasteiger charge is 2.34. The lowest BCUT2D eigenvalue weighted by atomic mass is 10.1. The molecule has 0 aromatic heterocycles. The normalized spacial score (nSPS) is 12.0. The number of unbranched alkanes of at least 4 members (excludes halogenated alkanes) is 14. The molecule has 0 saturated carbocycles. The van der Waals surface area contributed by atoms with E-state index in [0.29, 0.717) is 0 Å². The molecule has 0 N–H and O–H groups in total. The van der Waals surface area contributed by atoms with Gasteiger partial charge < -0.3 is 4.48 Å². The Balaban J connectivity index is -0.000000670. The van der Waals surface area contributed by atoms with Crippen molar-refractivity contribution in [2.24, 2.45) is 0 Å². The number of quaternary nitrogens is 1. The second-order valence-electron chi connectivity index (χ2n) is 16.8. The molecule has 0 amide bonds. The van der Waals surface area contributed by atoms with Gasteiger partial charge in [-0.1, -0.05) is 153 Å². The highest BCUT2D eigenvalue weighted by atomic mass is 31.2. The fourth-order valence-electron chi connectivity index (χ4n) is 7.29. The maximum atomic E-state index is 2.62. The van der Waals surface area contributed by atoms with E-state index in [2.05, 4.69) is 82.9 Å². The second kappa shape index (κ2) is 40.0. The number of hydrogen-bond donors (Lipinski definition) is 0. The van der Waals surface area contributed by atoms with Crippen LogP contribution in [0.3, 0.4) is 0 Å². The third kappa shape index (κ3) is 35.6. The minimum Gasteiger partial charge on any atom is -0.326 e. The quantitative estimate of drug-likeness (QED) is 0.0351. The largest absolute Gasteiger partial charge is 0.326 e. The van der Waals surface area contributed by atoms with Crippen LogP contribution in [0.2, 0.25) is 0 Å². The summed E-state index contributed by atoms with van der Waals surface area (Å²) in [6, 6.07) is 0. The maximum absolute atomic E-state index is 2.62. The van der Waals surface area contributed by atoms with Crippen LogP contribution in [0, 0.1) is 0 Å². The monoisotopic (exact) mass is 733 g/mol. The maximum Gasteiger partial charge on any atom is 0.0784 e. The van der Waals surface area contributed by atoms with Crippen molar-refractivity contribution in [1.82, 2.24) is 0 Å². The third-order valence-corrected chi connectivity index (χ3v) is 20.5. The van der Waals surface area contributed by atoms with Gasteiger partial charge in [-0.25, -0.2) is 0 Å². The third-order valence-electron chi connectivity index (χ3n) is 11.3. The molecule has 0 unspecified atom stereocenters. The van der Waals surface area contributed by atoms with Gasteiger partial charge in [0.05, 0.1) is 69.8 Å². The summed E-state index contributed by atoms with van der Waals surface area (Å²) in [7, 11) is 1.33.